The summed E-state index contributed by atoms with van der Waals surface area (Å²) in [6.45, 7) is 0. The van der Waals surface area contributed by atoms with Gasteiger partial charge in [0.25, 0.3) is 5.69 Å². The van der Waals surface area contributed by atoms with Gasteiger partial charge in [0.15, 0.2) is 0 Å². The standard InChI is InChI=1S/C20H12N2O5/c21-12-16(13-3-2-6-17(10-13)22(25)26)11-18-7-8-19(27-18)14-4-1-5-15(9-14)20(23)24/h1-11H,(H,23,24)/b16-11+. The topological polar surface area (TPSA) is 117 Å². The Morgan fingerprint density at radius 3 is 2.56 bits per heavy atom. The Labute approximate surface area is 153 Å². The van der Waals surface area contributed by atoms with Gasteiger partial charge in [0.05, 0.1) is 22.1 Å². The van der Waals surface area contributed by atoms with Gasteiger partial charge in [0.2, 0.25) is 0 Å². The first-order chi connectivity index (χ1) is 13.0. The van der Waals surface area contributed by atoms with Gasteiger partial charge in [-0.05, 0) is 35.9 Å². The van der Waals surface area contributed by atoms with Crippen molar-refractivity contribution in [2.75, 3.05) is 0 Å². The van der Waals surface area contributed by atoms with Crippen LogP contribution in [0.3, 0.4) is 0 Å². The van der Waals surface area contributed by atoms with Crippen molar-refractivity contribution in [3.05, 3.63) is 87.7 Å². The van der Waals surface area contributed by atoms with Crippen LogP contribution in [0.5, 0.6) is 0 Å². The van der Waals surface area contributed by atoms with E-state index in [9.17, 15) is 20.2 Å². The lowest BCUT2D eigenvalue weighted by Gasteiger charge is -2.00. The Balaban J connectivity index is 1.95. The van der Waals surface area contributed by atoms with E-state index in [2.05, 4.69) is 0 Å². The average Bonchev–Trinajstić information content (AvgIpc) is 3.15. The molecule has 132 valence electrons. The predicted octanol–water partition coefficient (Wildman–Crippen LogP) is 4.62. The minimum absolute atomic E-state index is 0.112. The zero-order valence-corrected chi connectivity index (χ0v) is 13.8. The second kappa shape index (κ2) is 7.37. The van der Waals surface area contributed by atoms with E-state index in [1.807, 2.05) is 6.07 Å². The molecule has 3 rings (SSSR count). The molecule has 0 saturated heterocycles. The van der Waals surface area contributed by atoms with Crippen LogP contribution < -0.4 is 0 Å². The van der Waals surface area contributed by atoms with Crippen LogP contribution in [0, 0.1) is 21.4 Å². The maximum atomic E-state index is 11.1. The SMILES string of the molecule is N#C/C(=C\c1ccc(-c2cccc(C(=O)O)c2)o1)c1cccc([N+](=O)[O-])c1. The van der Waals surface area contributed by atoms with Gasteiger partial charge in [-0.1, -0.05) is 24.3 Å². The van der Waals surface area contributed by atoms with Gasteiger partial charge >= 0.3 is 5.97 Å². The number of carboxylic acid groups (broad SMARTS) is 1. The maximum absolute atomic E-state index is 11.1. The van der Waals surface area contributed by atoms with Crippen LogP contribution in [0.15, 0.2) is 65.1 Å². The zero-order chi connectivity index (χ0) is 19.4. The molecule has 1 heterocycles. The molecule has 2 aromatic carbocycles. The van der Waals surface area contributed by atoms with Gasteiger partial charge in [-0.25, -0.2) is 4.79 Å². The number of nitrogens with zero attached hydrogens (tertiary/aromatic N) is 2. The molecule has 1 N–H and O–H groups in total. The van der Waals surface area contributed by atoms with Crippen LogP contribution in [0.4, 0.5) is 5.69 Å². The van der Waals surface area contributed by atoms with Crippen molar-refractivity contribution in [2.24, 2.45) is 0 Å². The highest BCUT2D eigenvalue weighted by atomic mass is 16.6. The number of nitro groups is 1. The fraction of sp³-hybridized carbons (Fsp3) is 0. The molecule has 0 radical (unpaired) electrons. The summed E-state index contributed by atoms with van der Waals surface area (Å²) in [5.41, 5.74) is 1.22. The van der Waals surface area contributed by atoms with E-state index in [4.69, 9.17) is 9.52 Å². The molecule has 3 aromatic rings. The summed E-state index contributed by atoms with van der Waals surface area (Å²) in [6, 6.07) is 17.4. The van der Waals surface area contributed by atoms with Gasteiger partial charge < -0.3 is 9.52 Å². The average molecular weight is 360 g/mol. The quantitative estimate of drug-likeness (QED) is 0.403. The molecule has 27 heavy (non-hydrogen) atoms. The van der Waals surface area contributed by atoms with E-state index >= 15 is 0 Å². The molecule has 0 saturated carbocycles. The van der Waals surface area contributed by atoms with Crippen LogP contribution in [0.25, 0.3) is 23.0 Å². The van der Waals surface area contributed by atoms with Gasteiger partial charge in [0.1, 0.15) is 11.5 Å². The summed E-state index contributed by atoms with van der Waals surface area (Å²) in [5, 5.41) is 29.4. The molecule has 0 aliphatic heterocycles. The number of benzene rings is 2. The molecule has 7 heteroatoms. The second-order valence-electron chi connectivity index (χ2n) is 5.57. The van der Waals surface area contributed by atoms with Gasteiger partial charge in [-0.2, -0.15) is 5.26 Å². The number of furan rings is 1. The molecule has 0 unspecified atom stereocenters. The van der Waals surface area contributed by atoms with E-state index in [1.54, 1.807) is 30.3 Å². The molecule has 0 aliphatic carbocycles. The molecule has 0 amide bonds. The van der Waals surface area contributed by atoms with Crippen LogP contribution >= 0.6 is 0 Å². The van der Waals surface area contributed by atoms with Crippen LogP contribution in [0.1, 0.15) is 21.7 Å². The smallest absolute Gasteiger partial charge is 0.335 e. The highest BCUT2D eigenvalue weighted by molar-refractivity contribution is 5.90. The van der Waals surface area contributed by atoms with E-state index in [0.29, 0.717) is 22.6 Å². The lowest BCUT2D eigenvalue weighted by Crippen LogP contribution is -1.95. The van der Waals surface area contributed by atoms with Crippen LogP contribution in [-0.4, -0.2) is 16.0 Å². The number of allylic oxidation sites excluding steroid dienone is 1. The predicted molar refractivity (Wildman–Crippen MR) is 97.7 cm³/mol. The van der Waals surface area contributed by atoms with Crippen molar-refractivity contribution in [3.63, 3.8) is 0 Å². The number of nitriles is 1. The van der Waals surface area contributed by atoms with Crippen molar-refractivity contribution in [1.29, 1.82) is 5.26 Å². The third kappa shape index (κ3) is 3.91. The highest BCUT2D eigenvalue weighted by Crippen LogP contribution is 2.27. The minimum Gasteiger partial charge on any atom is -0.478 e. The Morgan fingerprint density at radius 2 is 1.85 bits per heavy atom. The van der Waals surface area contributed by atoms with E-state index in [0.717, 1.165) is 0 Å². The first kappa shape index (κ1) is 17.6. The number of carbonyl (C=O) groups is 1. The monoisotopic (exact) mass is 360 g/mol. The van der Waals surface area contributed by atoms with Crippen molar-refractivity contribution < 1.29 is 19.2 Å². The maximum Gasteiger partial charge on any atom is 0.335 e. The lowest BCUT2D eigenvalue weighted by molar-refractivity contribution is -0.384. The summed E-state index contributed by atoms with van der Waals surface area (Å²) in [6.07, 6.45) is 1.48. The number of hydrogen-bond acceptors (Lipinski definition) is 5. The van der Waals surface area contributed by atoms with Crippen LogP contribution in [0.2, 0.25) is 0 Å². The number of carboxylic acids is 1. The number of hydrogen-bond donors (Lipinski definition) is 1. The van der Waals surface area contributed by atoms with Gasteiger partial charge in [-0.15, -0.1) is 0 Å². The van der Waals surface area contributed by atoms with E-state index in [1.165, 1.54) is 36.4 Å². The normalized spacial score (nSPS) is 11.0. The molecule has 0 atom stereocenters. The molecule has 0 fully saturated rings. The minimum atomic E-state index is -1.04. The number of non-ortho nitro benzene ring substituents is 1. The molecule has 1 aromatic heterocycles. The van der Waals surface area contributed by atoms with E-state index < -0.39 is 10.9 Å². The number of rotatable bonds is 5. The summed E-state index contributed by atoms with van der Waals surface area (Å²) in [7, 11) is 0. The number of nitro benzene ring substituents is 1. The summed E-state index contributed by atoms with van der Waals surface area (Å²) in [4.78, 5) is 21.5. The first-order valence-corrected chi connectivity index (χ1v) is 7.78. The summed E-state index contributed by atoms with van der Waals surface area (Å²) in [5.74, 6) is -0.226. The third-order valence-electron chi connectivity index (χ3n) is 3.80. The van der Waals surface area contributed by atoms with Crippen molar-refractivity contribution >= 4 is 23.3 Å². The summed E-state index contributed by atoms with van der Waals surface area (Å²) >= 11 is 0. The molecule has 0 aliphatic rings. The fourth-order valence-corrected chi connectivity index (χ4v) is 2.50. The Hall–Kier alpha value is -4.18. The largest absolute Gasteiger partial charge is 0.478 e. The van der Waals surface area contributed by atoms with Crippen LogP contribution in [-0.2, 0) is 0 Å². The molecule has 0 bridgehead atoms. The molecular weight excluding hydrogens is 348 g/mol. The Morgan fingerprint density at radius 1 is 1.11 bits per heavy atom. The van der Waals surface area contributed by atoms with Gasteiger partial charge in [-0.3, -0.25) is 10.1 Å². The molecule has 7 nitrogen and oxygen atoms in total. The second-order valence-corrected chi connectivity index (χ2v) is 5.57. The Kier molecular flexibility index (Phi) is 4.82. The lowest BCUT2D eigenvalue weighted by atomic mass is 10.1. The summed E-state index contributed by atoms with van der Waals surface area (Å²) < 4.78 is 5.68. The van der Waals surface area contributed by atoms with Gasteiger partial charge in [0, 0.05) is 17.7 Å². The van der Waals surface area contributed by atoms with Crippen molar-refractivity contribution in [3.8, 4) is 17.4 Å². The fourth-order valence-electron chi connectivity index (χ4n) is 2.50. The first-order valence-electron chi connectivity index (χ1n) is 7.78. The van der Waals surface area contributed by atoms with Crippen molar-refractivity contribution in [1.82, 2.24) is 0 Å². The number of aromatic carboxylic acids is 1. The molecule has 0 spiro atoms. The zero-order valence-electron chi connectivity index (χ0n) is 13.8. The Bertz CT molecular complexity index is 1110. The van der Waals surface area contributed by atoms with E-state index in [-0.39, 0.29) is 16.8 Å². The van der Waals surface area contributed by atoms with Crippen molar-refractivity contribution in [2.45, 2.75) is 0 Å². The third-order valence-corrected chi connectivity index (χ3v) is 3.80. The molecular formula is C20H12N2O5. The highest BCUT2D eigenvalue weighted by Gasteiger charge is 2.11.